The summed E-state index contributed by atoms with van der Waals surface area (Å²) in [6.45, 7) is 9.47. The Morgan fingerprint density at radius 1 is 0.371 bits per heavy atom. The van der Waals surface area contributed by atoms with Crippen molar-refractivity contribution in [1.82, 2.24) is 0 Å². The van der Waals surface area contributed by atoms with Crippen LogP contribution in [0.4, 0.5) is 34.1 Å². The van der Waals surface area contributed by atoms with Gasteiger partial charge in [0.05, 0.1) is 11.4 Å². The van der Waals surface area contributed by atoms with Gasteiger partial charge < -0.3 is 9.80 Å². The van der Waals surface area contributed by atoms with Crippen LogP contribution < -0.4 is 9.80 Å². The standard InChI is InChI=1S/C60H48N2/c1-59(2)51-15-7-11-19-57(51)62(58-20-12-8-16-52(58)59)46-30-34-50-49-32-24-40(36-53(49)60(3,4)54(50)38-46)22-21-39-23-31-47-43(35-39)27-28-44-37-45(29-33-48(44)47)61-55-17-9-5-13-41(55)25-26-42-14-6-10-18-56(42)61/h5-24,27-38H,25-26H2,1-4H3/b22-21+. The van der Waals surface area contributed by atoms with Crippen LogP contribution in [-0.4, -0.2) is 0 Å². The molecule has 0 amide bonds. The van der Waals surface area contributed by atoms with Crippen LogP contribution in [0.3, 0.4) is 0 Å². The van der Waals surface area contributed by atoms with E-state index in [-0.39, 0.29) is 10.8 Å². The van der Waals surface area contributed by atoms with Gasteiger partial charge in [0.15, 0.2) is 0 Å². The van der Waals surface area contributed by atoms with Crippen molar-refractivity contribution < 1.29 is 0 Å². The summed E-state index contributed by atoms with van der Waals surface area (Å²) in [6, 6.07) is 68.2. The molecule has 0 bridgehead atoms. The van der Waals surface area contributed by atoms with E-state index in [4.69, 9.17) is 0 Å². The van der Waals surface area contributed by atoms with Gasteiger partial charge in [-0.2, -0.15) is 0 Å². The van der Waals surface area contributed by atoms with Gasteiger partial charge in [-0.05, 0) is 145 Å². The van der Waals surface area contributed by atoms with E-state index >= 15 is 0 Å². The second-order valence-electron chi connectivity index (χ2n) is 18.5. The highest BCUT2D eigenvalue weighted by atomic mass is 15.2. The van der Waals surface area contributed by atoms with Gasteiger partial charge in [0.2, 0.25) is 0 Å². The number of nitrogens with zero attached hydrogens (tertiary/aromatic N) is 2. The molecule has 0 radical (unpaired) electrons. The van der Waals surface area contributed by atoms with Gasteiger partial charge >= 0.3 is 0 Å². The summed E-state index contributed by atoms with van der Waals surface area (Å²) >= 11 is 0. The predicted molar refractivity (Wildman–Crippen MR) is 263 cm³/mol. The number of benzene rings is 9. The number of fused-ring (bicyclic) bond motifs is 10. The minimum Gasteiger partial charge on any atom is -0.310 e. The highest BCUT2D eigenvalue weighted by molar-refractivity contribution is 6.09. The molecule has 9 aromatic rings. The van der Waals surface area contributed by atoms with E-state index < -0.39 is 0 Å². The molecule has 0 unspecified atom stereocenters. The molecule has 0 fully saturated rings. The largest absolute Gasteiger partial charge is 0.310 e. The van der Waals surface area contributed by atoms with Gasteiger partial charge in [-0.3, -0.25) is 0 Å². The average molecular weight is 797 g/mol. The van der Waals surface area contributed by atoms with E-state index in [2.05, 4.69) is 232 Å². The van der Waals surface area contributed by atoms with Crippen molar-refractivity contribution in [1.29, 1.82) is 0 Å². The van der Waals surface area contributed by atoms with Crippen LogP contribution in [0.25, 0.3) is 44.8 Å². The topological polar surface area (TPSA) is 6.48 Å². The fourth-order valence-corrected chi connectivity index (χ4v) is 11.0. The Hall–Kier alpha value is -7.16. The van der Waals surface area contributed by atoms with Crippen molar-refractivity contribution in [3.05, 3.63) is 226 Å². The first-order valence-corrected chi connectivity index (χ1v) is 22.1. The van der Waals surface area contributed by atoms with Gasteiger partial charge in [-0.25, -0.2) is 0 Å². The van der Waals surface area contributed by atoms with Crippen LogP contribution in [0.15, 0.2) is 182 Å². The normalized spacial score (nSPS) is 15.4. The number of aryl methyl sites for hydroxylation is 2. The lowest BCUT2D eigenvalue weighted by atomic mass is 9.73. The SMILES string of the molecule is CC1(C)c2cc(/C=C/c3ccc4c(ccc5cc(N6c7ccccc7CCc7ccccc76)ccc54)c3)ccc2-c2ccc(N3c4ccccc4C(C)(C)c4ccccc43)cc21. The molecule has 12 rings (SSSR count). The fourth-order valence-electron chi connectivity index (χ4n) is 11.0. The van der Waals surface area contributed by atoms with Crippen LogP contribution in [0.2, 0.25) is 0 Å². The van der Waals surface area contributed by atoms with Crippen LogP contribution in [0.1, 0.15) is 72.2 Å². The summed E-state index contributed by atoms with van der Waals surface area (Å²) < 4.78 is 0. The maximum atomic E-state index is 2.47. The Labute approximate surface area is 365 Å². The third-order valence-electron chi connectivity index (χ3n) is 14.3. The lowest BCUT2D eigenvalue weighted by Gasteiger charge is -2.42. The number of hydrogen-bond acceptors (Lipinski definition) is 2. The summed E-state index contributed by atoms with van der Waals surface area (Å²) in [4.78, 5) is 4.93. The van der Waals surface area contributed by atoms with E-state index in [1.165, 1.54) is 111 Å². The predicted octanol–water partition coefficient (Wildman–Crippen LogP) is 16.1. The quantitative estimate of drug-likeness (QED) is 0.129. The first kappa shape index (κ1) is 36.7. The molecule has 3 aliphatic rings. The summed E-state index contributed by atoms with van der Waals surface area (Å²) in [5, 5.41) is 5.06. The molecule has 62 heavy (non-hydrogen) atoms. The maximum Gasteiger partial charge on any atom is 0.0502 e. The Morgan fingerprint density at radius 3 is 1.45 bits per heavy atom. The van der Waals surface area contributed by atoms with Gasteiger partial charge in [-0.15, -0.1) is 0 Å². The molecule has 298 valence electrons. The van der Waals surface area contributed by atoms with Crippen LogP contribution in [0, 0.1) is 0 Å². The number of para-hydroxylation sites is 4. The molecule has 2 aliphatic heterocycles. The zero-order chi connectivity index (χ0) is 41.7. The van der Waals surface area contributed by atoms with E-state index in [0.717, 1.165) is 12.8 Å². The third kappa shape index (κ3) is 5.56. The molecule has 2 heterocycles. The van der Waals surface area contributed by atoms with E-state index in [9.17, 15) is 0 Å². The second kappa shape index (κ2) is 13.7. The van der Waals surface area contributed by atoms with E-state index in [1.54, 1.807) is 0 Å². The number of hydrogen-bond donors (Lipinski definition) is 0. The molecule has 2 heteroatoms. The summed E-state index contributed by atoms with van der Waals surface area (Å²) in [5.74, 6) is 0. The highest BCUT2D eigenvalue weighted by Crippen LogP contribution is 2.55. The molecular formula is C60H48N2. The summed E-state index contributed by atoms with van der Waals surface area (Å²) in [5.41, 5.74) is 20.6. The minimum atomic E-state index is -0.150. The molecule has 0 spiro atoms. The van der Waals surface area contributed by atoms with Crippen molar-refractivity contribution >= 4 is 67.8 Å². The molecule has 1 aliphatic carbocycles. The van der Waals surface area contributed by atoms with Crippen LogP contribution in [0.5, 0.6) is 0 Å². The second-order valence-corrected chi connectivity index (χ2v) is 18.5. The van der Waals surface area contributed by atoms with Crippen molar-refractivity contribution in [2.24, 2.45) is 0 Å². The number of anilines is 6. The van der Waals surface area contributed by atoms with Crippen molar-refractivity contribution in [2.45, 2.75) is 51.4 Å². The van der Waals surface area contributed by atoms with Crippen molar-refractivity contribution in [3.8, 4) is 11.1 Å². The zero-order valence-corrected chi connectivity index (χ0v) is 35.8. The molecule has 0 aromatic heterocycles. The molecule has 2 nitrogen and oxygen atoms in total. The first-order valence-electron chi connectivity index (χ1n) is 22.1. The van der Waals surface area contributed by atoms with Crippen LogP contribution in [-0.2, 0) is 23.7 Å². The Kier molecular flexibility index (Phi) is 8.09. The molecule has 0 saturated heterocycles. The monoisotopic (exact) mass is 796 g/mol. The van der Waals surface area contributed by atoms with Gasteiger partial charge in [0.1, 0.15) is 0 Å². The van der Waals surface area contributed by atoms with Gasteiger partial charge in [-0.1, -0.05) is 167 Å². The number of rotatable bonds is 4. The van der Waals surface area contributed by atoms with Gasteiger partial charge in [0.25, 0.3) is 0 Å². The molecule has 0 N–H and O–H groups in total. The lowest BCUT2D eigenvalue weighted by molar-refractivity contribution is 0.631. The summed E-state index contributed by atoms with van der Waals surface area (Å²) in [6.07, 6.45) is 6.63. The molecule has 0 saturated carbocycles. The average Bonchev–Trinajstić information content (AvgIpc) is 3.40. The van der Waals surface area contributed by atoms with E-state index in [1.807, 2.05) is 0 Å². The smallest absolute Gasteiger partial charge is 0.0502 e. The Balaban J connectivity index is 0.844. The Bertz CT molecular complexity index is 3230. The lowest BCUT2D eigenvalue weighted by Crippen LogP contribution is -2.30. The van der Waals surface area contributed by atoms with E-state index in [0.29, 0.717) is 0 Å². The summed E-state index contributed by atoms with van der Waals surface area (Å²) in [7, 11) is 0. The molecule has 0 atom stereocenters. The van der Waals surface area contributed by atoms with Crippen molar-refractivity contribution in [3.63, 3.8) is 0 Å². The maximum absolute atomic E-state index is 2.47. The van der Waals surface area contributed by atoms with Crippen LogP contribution >= 0.6 is 0 Å². The Morgan fingerprint density at radius 2 is 0.806 bits per heavy atom. The first-order chi connectivity index (χ1) is 30.2. The molecular weight excluding hydrogens is 749 g/mol. The van der Waals surface area contributed by atoms with Crippen molar-refractivity contribution in [2.75, 3.05) is 9.80 Å². The fraction of sp³-hybridized carbons (Fsp3) is 0.133. The van der Waals surface area contributed by atoms with Gasteiger partial charge in [0, 0.05) is 33.6 Å². The zero-order valence-electron chi connectivity index (χ0n) is 35.8. The third-order valence-corrected chi connectivity index (χ3v) is 14.3. The molecule has 9 aromatic carbocycles. The highest BCUT2D eigenvalue weighted by Gasteiger charge is 2.39. The minimum absolute atomic E-state index is 0.0826.